The lowest BCUT2D eigenvalue weighted by molar-refractivity contribution is -0.147. The van der Waals surface area contributed by atoms with Crippen molar-refractivity contribution < 1.29 is 18.8 Å². The van der Waals surface area contributed by atoms with E-state index in [1.807, 2.05) is 0 Å². The molecule has 0 bridgehead atoms. The second kappa shape index (κ2) is 6.44. The molecule has 0 radical (unpaired) electrons. The van der Waals surface area contributed by atoms with E-state index in [-0.39, 0.29) is 23.4 Å². The second-order valence-electron chi connectivity index (χ2n) is 5.78. The van der Waals surface area contributed by atoms with Gasteiger partial charge in [-0.15, -0.1) is 0 Å². The summed E-state index contributed by atoms with van der Waals surface area (Å²) in [7, 11) is 0. The Hall–Kier alpha value is -1.95. The Bertz CT molecular complexity index is 572. The lowest BCUT2D eigenvalue weighted by atomic mass is 10.1. The van der Waals surface area contributed by atoms with Gasteiger partial charge >= 0.3 is 0 Å². The number of rotatable bonds is 4. The molecule has 3 rings (SSSR count). The minimum atomic E-state index is -0.745. The molecule has 1 aromatic carbocycles. The van der Waals surface area contributed by atoms with E-state index in [2.05, 4.69) is 5.48 Å². The van der Waals surface area contributed by atoms with Crippen molar-refractivity contribution in [1.29, 1.82) is 0 Å². The number of carbonyl (C=O) groups is 2. The Morgan fingerprint density at radius 3 is 2.68 bits per heavy atom. The number of hydroxylamine groups is 1. The summed E-state index contributed by atoms with van der Waals surface area (Å²) in [6.07, 6.45) is 3.54. The molecule has 118 valence electrons. The zero-order chi connectivity index (χ0) is 15.5. The minimum absolute atomic E-state index is 0.0147. The van der Waals surface area contributed by atoms with Gasteiger partial charge in [-0.05, 0) is 25.0 Å². The third kappa shape index (κ3) is 2.97. The number of benzene rings is 1. The molecule has 1 atom stereocenters. The van der Waals surface area contributed by atoms with Gasteiger partial charge in [0, 0.05) is 18.9 Å². The smallest absolute Gasteiger partial charge is 0.259 e. The van der Waals surface area contributed by atoms with Crippen molar-refractivity contribution in [1.82, 2.24) is 5.48 Å². The van der Waals surface area contributed by atoms with Gasteiger partial charge < -0.3 is 4.90 Å². The van der Waals surface area contributed by atoms with E-state index in [1.54, 1.807) is 18.2 Å². The monoisotopic (exact) mass is 306 g/mol. The van der Waals surface area contributed by atoms with Crippen LogP contribution >= 0.6 is 0 Å². The first kappa shape index (κ1) is 15.0. The van der Waals surface area contributed by atoms with E-state index in [0.717, 1.165) is 25.7 Å². The summed E-state index contributed by atoms with van der Waals surface area (Å²) in [6, 6.07) is 6.14. The number of carbonyl (C=O) groups excluding carboxylic acids is 2. The van der Waals surface area contributed by atoms with Gasteiger partial charge in [0.15, 0.2) is 6.10 Å². The maximum Gasteiger partial charge on any atom is 0.259 e. The normalized spacial score (nSPS) is 22.3. The van der Waals surface area contributed by atoms with Crippen molar-refractivity contribution in [2.24, 2.45) is 5.92 Å². The largest absolute Gasteiger partial charge is 0.307 e. The van der Waals surface area contributed by atoms with E-state index >= 15 is 0 Å². The van der Waals surface area contributed by atoms with Gasteiger partial charge in [-0.25, -0.2) is 9.87 Å². The molecule has 0 aromatic heterocycles. The van der Waals surface area contributed by atoms with Gasteiger partial charge in [0.2, 0.25) is 5.91 Å². The number of nitrogens with one attached hydrogen (secondary N) is 1. The Morgan fingerprint density at radius 1 is 1.23 bits per heavy atom. The number of para-hydroxylation sites is 1. The maximum atomic E-state index is 13.8. The lowest BCUT2D eigenvalue weighted by Crippen LogP contribution is -2.38. The van der Waals surface area contributed by atoms with Crippen LogP contribution in [0.4, 0.5) is 10.1 Å². The zero-order valence-electron chi connectivity index (χ0n) is 12.3. The molecule has 2 fully saturated rings. The van der Waals surface area contributed by atoms with Gasteiger partial charge in [-0.2, -0.15) is 0 Å². The third-order valence-electron chi connectivity index (χ3n) is 4.33. The van der Waals surface area contributed by atoms with E-state index in [9.17, 15) is 14.0 Å². The third-order valence-corrected chi connectivity index (χ3v) is 4.33. The molecule has 1 heterocycles. The summed E-state index contributed by atoms with van der Waals surface area (Å²) >= 11 is 0. The van der Waals surface area contributed by atoms with Gasteiger partial charge in [0.05, 0.1) is 5.69 Å². The van der Waals surface area contributed by atoms with Crippen LogP contribution in [0.3, 0.4) is 0 Å². The summed E-state index contributed by atoms with van der Waals surface area (Å²) < 4.78 is 13.8. The molecule has 5 nitrogen and oxygen atoms in total. The zero-order valence-corrected chi connectivity index (χ0v) is 12.3. The summed E-state index contributed by atoms with van der Waals surface area (Å²) in [5.41, 5.74) is 2.65. The summed E-state index contributed by atoms with van der Waals surface area (Å²) in [5.74, 6) is -0.933. The Balaban J connectivity index is 1.57. The summed E-state index contributed by atoms with van der Waals surface area (Å²) in [5, 5.41) is 0. The van der Waals surface area contributed by atoms with Gasteiger partial charge in [-0.1, -0.05) is 25.0 Å². The van der Waals surface area contributed by atoms with E-state index in [1.165, 1.54) is 11.0 Å². The number of hydrogen-bond acceptors (Lipinski definition) is 3. The predicted octanol–water partition coefficient (Wildman–Crippen LogP) is 2.17. The highest BCUT2D eigenvalue weighted by atomic mass is 19.1. The van der Waals surface area contributed by atoms with Crippen molar-refractivity contribution in [2.75, 3.05) is 11.4 Å². The first-order chi connectivity index (χ1) is 10.7. The number of amides is 2. The maximum absolute atomic E-state index is 13.8. The molecule has 1 aliphatic heterocycles. The van der Waals surface area contributed by atoms with Crippen LogP contribution in [0.25, 0.3) is 0 Å². The van der Waals surface area contributed by atoms with Gasteiger partial charge in [-0.3, -0.25) is 14.4 Å². The molecule has 2 aliphatic rings. The first-order valence-electron chi connectivity index (χ1n) is 7.68. The van der Waals surface area contributed by atoms with Crippen molar-refractivity contribution in [2.45, 2.75) is 38.2 Å². The number of halogens is 1. The van der Waals surface area contributed by atoms with Crippen LogP contribution in [-0.2, 0) is 14.4 Å². The summed E-state index contributed by atoms with van der Waals surface area (Å²) in [6.45, 7) is 0.379. The molecule has 0 spiro atoms. The molecular weight excluding hydrogens is 287 g/mol. The van der Waals surface area contributed by atoms with E-state index < -0.39 is 11.9 Å². The minimum Gasteiger partial charge on any atom is -0.307 e. The fraction of sp³-hybridized carbons (Fsp3) is 0.500. The van der Waals surface area contributed by atoms with Crippen LogP contribution in [-0.4, -0.2) is 24.5 Å². The number of nitrogens with zero attached hydrogens (tertiary/aromatic N) is 1. The van der Waals surface area contributed by atoms with E-state index in [4.69, 9.17) is 4.84 Å². The topological polar surface area (TPSA) is 58.6 Å². The average Bonchev–Trinajstić information content (AvgIpc) is 3.16. The molecule has 1 unspecified atom stereocenters. The van der Waals surface area contributed by atoms with Crippen LogP contribution in [0.15, 0.2) is 24.3 Å². The fourth-order valence-corrected chi connectivity index (χ4v) is 3.07. The van der Waals surface area contributed by atoms with Crippen LogP contribution < -0.4 is 10.4 Å². The van der Waals surface area contributed by atoms with Crippen LogP contribution in [0, 0.1) is 11.7 Å². The highest BCUT2D eigenvalue weighted by Gasteiger charge is 2.36. The van der Waals surface area contributed by atoms with Gasteiger partial charge in [0.1, 0.15) is 5.82 Å². The lowest BCUT2D eigenvalue weighted by Gasteiger charge is -2.18. The highest BCUT2D eigenvalue weighted by molar-refractivity contribution is 5.99. The van der Waals surface area contributed by atoms with Gasteiger partial charge in [0.25, 0.3) is 5.91 Å². The van der Waals surface area contributed by atoms with Crippen molar-refractivity contribution >= 4 is 17.5 Å². The SMILES string of the molecule is O=C(NOC1CCN(c2ccccc2F)C1=O)C1CCCC1. The van der Waals surface area contributed by atoms with Crippen LogP contribution in [0.2, 0.25) is 0 Å². The summed E-state index contributed by atoms with van der Waals surface area (Å²) in [4.78, 5) is 30.8. The standard InChI is InChI=1S/C16H19FN2O3/c17-12-7-3-4-8-13(12)19-10-9-14(16(19)21)22-18-15(20)11-5-1-2-6-11/h3-4,7-8,11,14H,1-2,5-6,9-10H2,(H,18,20). The molecule has 1 saturated carbocycles. The highest BCUT2D eigenvalue weighted by Crippen LogP contribution is 2.26. The number of anilines is 1. The molecule has 6 heteroatoms. The van der Waals surface area contributed by atoms with Crippen molar-refractivity contribution in [3.05, 3.63) is 30.1 Å². The fourth-order valence-electron chi connectivity index (χ4n) is 3.07. The van der Waals surface area contributed by atoms with E-state index in [0.29, 0.717) is 13.0 Å². The van der Waals surface area contributed by atoms with Crippen molar-refractivity contribution in [3.8, 4) is 0 Å². The molecule has 1 aromatic rings. The molecule has 1 saturated heterocycles. The molecule has 1 aliphatic carbocycles. The Labute approximate surface area is 128 Å². The Morgan fingerprint density at radius 2 is 1.95 bits per heavy atom. The number of hydrogen-bond donors (Lipinski definition) is 1. The second-order valence-corrected chi connectivity index (χ2v) is 5.78. The molecule has 22 heavy (non-hydrogen) atoms. The van der Waals surface area contributed by atoms with Crippen LogP contribution in [0.5, 0.6) is 0 Å². The average molecular weight is 306 g/mol. The molecular formula is C16H19FN2O3. The quantitative estimate of drug-likeness (QED) is 0.867. The molecule has 2 amide bonds. The van der Waals surface area contributed by atoms with Crippen LogP contribution in [0.1, 0.15) is 32.1 Å². The van der Waals surface area contributed by atoms with Crippen molar-refractivity contribution in [3.63, 3.8) is 0 Å². The Kier molecular flexibility index (Phi) is 4.38. The first-order valence-corrected chi connectivity index (χ1v) is 7.68. The molecule has 1 N–H and O–H groups in total. The predicted molar refractivity (Wildman–Crippen MR) is 78.3 cm³/mol.